The Bertz CT molecular complexity index is 674. The summed E-state index contributed by atoms with van der Waals surface area (Å²) in [6, 6.07) is 14.7. The average molecular weight is 268 g/mol. The standard InChI is InChI=1S/C16H16N2S/c1-12-11-16(17-9-8-13-5-4-10-19-13)18-15-7-3-2-6-14(12)15/h2-7,10-11H,8-9H2,1H3,(H,17,18). The molecule has 0 aliphatic carbocycles. The van der Waals surface area contributed by atoms with E-state index in [0.717, 1.165) is 24.3 Å². The van der Waals surface area contributed by atoms with Gasteiger partial charge in [-0.25, -0.2) is 4.98 Å². The molecule has 0 unspecified atom stereocenters. The van der Waals surface area contributed by atoms with Crippen molar-refractivity contribution in [3.63, 3.8) is 0 Å². The van der Waals surface area contributed by atoms with Gasteiger partial charge >= 0.3 is 0 Å². The molecule has 2 heterocycles. The summed E-state index contributed by atoms with van der Waals surface area (Å²) in [7, 11) is 0. The molecule has 0 aliphatic rings. The van der Waals surface area contributed by atoms with Crippen molar-refractivity contribution < 1.29 is 0 Å². The van der Waals surface area contributed by atoms with Crippen molar-refractivity contribution in [3.8, 4) is 0 Å². The number of pyridine rings is 1. The van der Waals surface area contributed by atoms with E-state index < -0.39 is 0 Å². The fourth-order valence-corrected chi connectivity index (χ4v) is 2.92. The van der Waals surface area contributed by atoms with Crippen LogP contribution in [0.4, 0.5) is 5.82 Å². The van der Waals surface area contributed by atoms with Crippen LogP contribution in [-0.4, -0.2) is 11.5 Å². The first-order chi connectivity index (χ1) is 9.33. The molecule has 0 amide bonds. The van der Waals surface area contributed by atoms with Gasteiger partial charge in [-0.3, -0.25) is 0 Å². The molecule has 0 atom stereocenters. The van der Waals surface area contributed by atoms with Crippen molar-refractivity contribution in [1.29, 1.82) is 0 Å². The predicted molar refractivity (Wildman–Crippen MR) is 83.0 cm³/mol. The summed E-state index contributed by atoms with van der Waals surface area (Å²) in [6.45, 7) is 3.06. The number of nitrogens with zero attached hydrogens (tertiary/aromatic N) is 1. The molecule has 3 rings (SSSR count). The summed E-state index contributed by atoms with van der Waals surface area (Å²) in [4.78, 5) is 6.05. The number of hydrogen-bond donors (Lipinski definition) is 1. The summed E-state index contributed by atoms with van der Waals surface area (Å²) in [5.74, 6) is 0.966. The van der Waals surface area contributed by atoms with Crippen LogP contribution in [0.25, 0.3) is 10.9 Å². The molecule has 3 heteroatoms. The highest BCUT2D eigenvalue weighted by atomic mass is 32.1. The number of aryl methyl sites for hydroxylation is 1. The van der Waals surface area contributed by atoms with Gasteiger partial charge in [-0.1, -0.05) is 24.3 Å². The van der Waals surface area contributed by atoms with Crippen molar-refractivity contribution in [1.82, 2.24) is 4.98 Å². The molecule has 0 radical (unpaired) electrons. The van der Waals surface area contributed by atoms with Gasteiger partial charge in [0.2, 0.25) is 0 Å². The smallest absolute Gasteiger partial charge is 0.126 e. The van der Waals surface area contributed by atoms with Gasteiger partial charge in [0, 0.05) is 16.8 Å². The molecule has 3 aromatic rings. The Labute approximate surface area is 117 Å². The lowest BCUT2D eigenvalue weighted by Crippen LogP contribution is -2.05. The molecule has 19 heavy (non-hydrogen) atoms. The van der Waals surface area contributed by atoms with Gasteiger partial charge in [-0.2, -0.15) is 0 Å². The molecule has 0 saturated carbocycles. The van der Waals surface area contributed by atoms with E-state index in [0.29, 0.717) is 0 Å². The summed E-state index contributed by atoms with van der Waals surface area (Å²) in [5, 5.41) is 6.76. The lowest BCUT2D eigenvalue weighted by molar-refractivity contribution is 1.03. The summed E-state index contributed by atoms with van der Waals surface area (Å²) in [5.41, 5.74) is 2.32. The number of rotatable bonds is 4. The van der Waals surface area contributed by atoms with E-state index in [1.165, 1.54) is 15.8 Å². The first kappa shape index (κ1) is 12.2. The highest BCUT2D eigenvalue weighted by Gasteiger charge is 2.02. The molecule has 2 aromatic heterocycles. The fraction of sp³-hybridized carbons (Fsp3) is 0.188. The molecule has 0 fully saturated rings. The van der Waals surface area contributed by atoms with Crippen LogP contribution < -0.4 is 5.32 Å². The normalized spacial score (nSPS) is 10.8. The second-order valence-electron chi connectivity index (χ2n) is 4.60. The third-order valence-electron chi connectivity index (χ3n) is 3.18. The van der Waals surface area contributed by atoms with Gasteiger partial charge in [0.15, 0.2) is 0 Å². The number of benzene rings is 1. The van der Waals surface area contributed by atoms with Crippen LogP contribution >= 0.6 is 11.3 Å². The third kappa shape index (κ3) is 2.76. The molecule has 0 spiro atoms. The Morgan fingerprint density at radius 1 is 1.16 bits per heavy atom. The largest absolute Gasteiger partial charge is 0.370 e. The number of anilines is 1. The minimum Gasteiger partial charge on any atom is -0.370 e. The lowest BCUT2D eigenvalue weighted by atomic mass is 10.1. The molecular formula is C16H16N2S. The van der Waals surface area contributed by atoms with Crippen molar-refractivity contribution in [3.05, 3.63) is 58.3 Å². The zero-order valence-electron chi connectivity index (χ0n) is 10.9. The average Bonchev–Trinajstić information content (AvgIpc) is 2.92. The summed E-state index contributed by atoms with van der Waals surface area (Å²) >= 11 is 1.80. The molecule has 96 valence electrons. The highest BCUT2D eigenvalue weighted by Crippen LogP contribution is 2.19. The summed E-state index contributed by atoms with van der Waals surface area (Å²) in [6.07, 6.45) is 1.05. The Morgan fingerprint density at radius 2 is 2.05 bits per heavy atom. The quantitative estimate of drug-likeness (QED) is 0.764. The lowest BCUT2D eigenvalue weighted by Gasteiger charge is -2.08. The zero-order valence-corrected chi connectivity index (χ0v) is 11.7. The monoisotopic (exact) mass is 268 g/mol. The molecule has 0 saturated heterocycles. The highest BCUT2D eigenvalue weighted by molar-refractivity contribution is 7.09. The maximum absolute atomic E-state index is 4.65. The molecular weight excluding hydrogens is 252 g/mol. The first-order valence-electron chi connectivity index (χ1n) is 6.45. The van der Waals surface area contributed by atoms with E-state index in [4.69, 9.17) is 0 Å². The van der Waals surface area contributed by atoms with Crippen LogP contribution in [0, 0.1) is 6.92 Å². The van der Waals surface area contributed by atoms with E-state index in [1.54, 1.807) is 11.3 Å². The Morgan fingerprint density at radius 3 is 2.89 bits per heavy atom. The minimum atomic E-state index is 0.922. The van der Waals surface area contributed by atoms with Crippen molar-refractivity contribution in [2.45, 2.75) is 13.3 Å². The minimum absolute atomic E-state index is 0.922. The molecule has 0 aliphatic heterocycles. The van der Waals surface area contributed by atoms with E-state index in [9.17, 15) is 0 Å². The molecule has 0 bridgehead atoms. The number of para-hydroxylation sites is 1. The van der Waals surface area contributed by atoms with Crippen LogP contribution in [0.5, 0.6) is 0 Å². The fourth-order valence-electron chi connectivity index (χ4n) is 2.21. The number of aromatic nitrogens is 1. The first-order valence-corrected chi connectivity index (χ1v) is 7.33. The molecule has 1 aromatic carbocycles. The maximum Gasteiger partial charge on any atom is 0.126 e. The van der Waals surface area contributed by atoms with E-state index >= 15 is 0 Å². The van der Waals surface area contributed by atoms with Crippen LogP contribution in [0.2, 0.25) is 0 Å². The third-order valence-corrected chi connectivity index (χ3v) is 4.12. The van der Waals surface area contributed by atoms with Gasteiger partial charge in [-0.15, -0.1) is 11.3 Å². The Kier molecular flexibility index (Phi) is 3.47. The second-order valence-corrected chi connectivity index (χ2v) is 5.63. The number of hydrogen-bond acceptors (Lipinski definition) is 3. The second kappa shape index (κ2) is 5.41. The van der Waals surface area contributed by atoms with E-state index in [1.807, 2.05) is 6.07 Å². The Balaban J connectivity index is 1.74. The molecule has 1 N–H and O–H groups in total. The van der Waals surface area contributed by atoms with Crippen LogP contribution in [0.3, 0.4) is 0 Å². The zero-order chi connectivity index (χ0) is 13.1. The van der Waals surface area contributed by atoms with Gasteiger partial charge in [0.25, 0.3) is 0 Å². The van der Waals surface area contributed by atoms with Crippen molar-refractivity contribution in [2.24, 2.45) is 0 Å². The number of thiophene rings is 1. The number of nitrogens with one attached hydrogen (secondary N) is 1. The SMILES string of the molecule is Cc1cc(NCCc2cccs2)nc2ccccc12. The van der Waals surface area contributed by atoms with Crippen molar-refractivity contribution >= 4 is 28.1 Å². The van der Waals surface area contributed by atoms with Crippen LogP contribution in [0.15, 0.2) is 47.8 Å². The van der Waals surface area contributed by atoms with Gasteiger partial charge < -0.3 is 5.32 Å². The van der Waals surface area contributed by atoms with Crippen LogP contribution in [0.1, 0.15) is 10.4 Å². The maximum atomic E-state index is 4.65. The topological polar surface area (TPSA) is 24.9 Å². The van der Waals surface area contributed by atoms with Crippen molar-refractivity contribution in [2.75, 3.05) is 11.9 Å². The number of fused-ring (bicyclic) bond motifs is 1. The van der Waals surface area contributed by atoms with E-state index in [2.05, 4.69) is 59.0 Å². The summed E-state index contributed by atoms with van der Waals surface area (Å²) < 4.78 is 0. The van der Waals surface area contributed by atoms with Crippen LogP contribution in [-0.2, 0) is 6.42 Å². The van der Waals surface area contributed by atoms with Gasteiger partial charge in [-0.05, 0) is 42.5 Å². The molecule has 2 nitrogen and oxygen atoms in total. The van der Waals surface area contributed by atoms with Gasteiger partial charge in [0.05, 0.1) is 5.52 Å². The Hall–Kier alpha value is -1.87. The van der Waals surface area contributed by atoms with Gasteiger partial charge in [0.1, 0.15) is 5.82 Å². The predicted octanol–water partition coefficient (Wildman–Crippen LogP) is 4.26. The van der Waals surface area contributed by atoms with E-state index in [-0.39, 0.29) is 0 Å².